The smallest absolute Gasteiger partial charge is 0.339 e. The fourth-order valence-electron chi connectivity index (χ4n) is 3.61. The van der Waals surface area contributed by atoms with Crippen molar-refractivity contribution in [3.63, 3.8) is 0 Å². The molecule has 3 heterocycles. The standard InChI is InChI=1S/C20H17ClNO2.C7H6BrI.C5H9N2.Li/c1-3-15-4-8-18(9-5-15)24-11-10-22-19-13-17(21)7-6-16(19)12-14(2)20(22)23;1-6-4-7(8)2-3-9-5-6;1-3-5(4-2)6-7-5;/h1,4-9,12-13,20,23H,2,10-11H2;2-5H,1H2;1,3-4H2,2H3;/q-1;-2;-1;+1. The average Bonchev–Trinajstić information content (AvgIpc) is 3.77. The zero-order valence-electron chi connectivity index (χ0n) is 23.4. The van der Waals surface area contributed by atoms with Gasteiger partial charge in [0.05, 0.1) is 6.54 Å². The fourth-order valence-corrected chi connectivity index (χ4v) is 6.14. The van der Waals surface area contributed by atoms with Gasteiger partial charge in [-0.25, -0.2) is 6.92 Å². The molecule has 5 rings (SSSR count). The van der Waals surface area contributed by atoms with E-state index in [4.69, 9.17) is 22.8 Å². The van der Waals surface area contributed by atoms with Crippen LogP contribution < -0.4 is 49.7 Å². The van der Waals surface area contributed by atoms with E-state index in [0.717, 1.165) is 45.5 Å². The van der Waals surface area contributed by atoms with Crippen molar-refractivity contribution in [3.05, 3.63) is 115 Å². The molecule has 212 valence electrons. The van der Waals surface area contributed by atoms with E-state index >= 15 is 0 Å². The number of terminal acetylenes is 1. The number of hydrogen-bond donors (Lipinski definition) is 1. The summed E-state index contributed by atoms with van der Waals surface area (Å²) in [6.45, 7) is 14.4. The summed E-state index contributed by atoms with van der Waals surface area (Å²) < 4.78 is 11.3. The number of aliphatic hydroxyl groups excluding tert-OH is 1. The zero-order chi connectivity index (χ0) is 29.1. The second-order valence-electron chi connectivity index (χ2n) is 8.92. The normalized spacial score (nSPS) is 17.5. The number of fused-ring (bicyclic) bond motifs is 1. The van der Waals surface area contributed by atoms with Crippen molar-refractivity contribution in [3.8, 4) is 18.1 Å². The van der Waals surface area contributed by atoms with Crippen molar-refractivity contribution < 1.29 is 49.9 Å². The molecule has 0 aromatic heterocycles. The molecular formula is C32H32BrClILiN3O2-3. The molecule has 3 aliphatic heterocycles. The third-order valence-electron chi connectivity index (χ3n) is 6.06. The Hall–Kier alpha value is -2.04. The average molecular weight is 740 g/mol. The van der Waals surface area contributed by atoms with E-state index in [1.165, 1.54) is 0 Å². The number of allylic oxidation sites excluding steroid dienone is 4. The number of anilines is 1. The predicted octanol–water partition coefficient (Wildman–Crippen LogP) is 2.14. The van der Waals surface area contributed by atoms with Crippen molar-refractivity contribution in [2.75, 3.05) is 18.1 Å². The maximum absolute atomic E-state index is 10.4. The Morgan fingerprint density at radius 3 is 2.49 bits per heavy atom. The molecule has 2 aromatic carbocycles. The molecule has 0 spiro atoms. The SMILES string of the molecule is C#Cc1ccc(OCCN2c3cc(Cl)ccc3C=C([CH2-])C2O)cc1.[CH2-]C1=C[I-]C=CC(Br)=C1.[CH2-]CC1(CC)N=N1.[Li+]. The van der Waals surface area contributed by atoms with E-state index < -0.39 is 6.23 Å². The predicted molar refractivity (Wildman–Crippen MR) is 165 cm³/mol. The second-order valence-corrected chi connectivity index (χ2v) is 12.3. The Bertz CT molecular complexity index is 1350. The van der Waals surface area contributed by atoms with Crippen LogP contribution in [0.2, 0.25) is 5.02 Å². The molecule has 0 fully saturated rings. The number of ether oxygens (including phenoxy) is 1. The first kappa shape index (κ1) is 35.2. The van der Waals surface area contributed by atoms with Crippen molar-refractivity contribution >= 4 is 39.3 Å². The summed E-state index contributed by atoms with van der Waals surface area (Å²) >= 11 is 9.61. The largest absolute Gasteiger partial charge is 1.00 e. The van der Waals surface area contributed by atoms with E-state index in [0.29, 0.717) is 23.7 Å². The molecule has 41 heavy (non-hydrogen) atoms. The summed E-state index contributed by atoms with van der Waals surface area (Å²) in [6, 6.07) is 12.9. The van der Waals surface area contributed by atoms with Crippen molar-refractivity contribution in [1.29, 1.82) is 0 Å². The van der Waals surface area contributed by atoms with Crippen LogP contribution >= 0.6 is 27.5 Å². The molecule has 0 aliphatic carbocycles. The van der Waals surface area contributed by atoms with Crippen molar-refractivity contribution in [2.24, 2.45) is 10.2 Å². The first-order chi connectivity index (χ1) is 19.2. The van der Waals surface area contributed by atoms with E-state index in [1.54, 1.807) is 0 Å². The number of hydrogen-bond acceptors (Lipinski definition) is 5. The van der Waals surface area contributed by atoms with E-state index in [1.807, 2.05) is 59.5 Å². The minimum Gasteiger partial charge on any atom is -0.339 e. The molecule has 0 saturated carbocycles. The minimum atomic E-state index is -0.789. The van der Waals surface area contributed by atoms with E-state index in [-0.39, 0.29) is 45.7 Å². The molecule has 0 radical (unpaired) electrons. The Balaban J connectivity index is 0.000000282. The van der Waals surface area contributed by atoms with Gasteiger partial charge in [0.15, 0.2) is 5.66 Å². The van der Waals surface area contributed by atoms with Crippen LogP contribution in [0.4, 0.5) is 5.69 Å². The Labute approximate surface area is 280 Å². The van der Waals surface area contributed by atoms with Crippen LogP contribution in [0.25, 0.3) is 6.08 Å². The fraction of sp³-hybridized carbons (Fsp3) is 0.219. The third-order valence-corrected chi connectivity index (χ3v) is 8.73. The second kappa shape index (κ2) is 17.2. The number of nitrogens with zero attached hydrogens (tertiary/aromatic N) is 3. The first-order valence-corrected chi connectivity index (χ1v) is 16.2. The zero-order valence-corrected chi connectivity index (χ0v) is 27.9. The maximum Gasteiger partial charge on any atom is 1.00 e. The van der Waals surface area contributed by atoms with Crippen LogP contribution in [-0.4, -0.2) is 30.1 Å². The molecule has 2 aromatic rings. The first-order valence-electron chi connectivity index (χ1n) is 12.6. The topological polar surface area (TPSA) is 57.4 Å². The minimum absolute atomic E-state index is 0. The van der Waals surface area contributed by atoms with Gasteiger partial charge in [-0.2, -0.15) is 21.9 Å². The quantitative estimate of drug-likeness (QED) is 0.214. The van der Waals surface area contributed by atoms with Gasteiger partial charge in [-0.3, -0.25) is 0 Å². The molecule has 1 N–H and O–H groups in total. The molecular weight excluding hydrogens is 708 g/mol. The van der Waals surface area contributed by atoms with E-state index in [2.05, 4.69) is 74.0 Å². The molecule has 3 aliphatic rings. The van der Waals surface area contributed by atoms with Gasteiger partial charge in [-0.05, 0) is 42.8 Å². The summed E-state index contributed by atoms with van der Waals surface area (Å²) in [7, 11) is 0. The van der Waals surface area contributed by atoms with Gasteiger partial charge in [0.1, 0.15) is 18.6 Å². The van der Waals surface area contributed by atoms with Crippen LogP contribution in [0.3, 0.4) is 0 Å². The van der Waals surface area contributed by atoms with Crippen molar-refractivity contribution in [1.82, 2.24) is 0 Å². The van der Waals surface area contributed by atoms with Gasteiger partial charge in [0.2, 0.25) is 0 Å². The molecule has 0 amide bonds. The summed E-state index contributed by atoms with van der Waals surface area (Å²) in [6.07, 6.45) is 12.4. The number of halogens is 3. The van der Waals surface area contributed by atoms with Gasteiger partial charge in [0, 0.05) is 16.3 Å². The molecule has 1 unspecified atom stereocenters. The number of aliphatic hydroxyl groups is 1. The van der Waals surface area contributed by atoms with Gasteiger partial charge < -0.3 is 21.7 Å². The molecule has 1 atom stereocenters. The molecule has 9 heteroatoms. The third kappa shape index (κ3) is 10.9. The Morgan fingerprint density at radius 1 is 1.20 bits per heavy atom. The summed E-state index contributed by atoms with van der Waals surface area (Å²) in [5.74, 6) is 3.30. The van der Waals surface area contributed by atoms with Crippen LogP contribution in [0.1, 0.15) is 30.9 Å². The number of benzene rings is 2. The monoisotopic (exact) mass is 738 g/mol. The van der Waals surface area contributed by atoms with Gasteiger partial charge in [0.25, 0.3) is 0 Å². The van der Waals surface area contributed by atoms with Gasteiger partial charge >= 0.3 is 93.3 Å². The van der Waals surface area contributed by atoms with Gasteiger partial charge in [-0.1, -0.05) is 36.1 Å². The van der Waals surface area contributed by atoms with E-state index in [9.17, 15) is 5.11 Å². The summed E-state index contributed by atoms with van der Waals surface area (Å²) in [5.41, 5.74) is 4.40. The number of rotatable bonds is 6. The van der Waals surface area contributed by atoms with Crippen LogP contribution in [0, 0.1) is 33.1 Å². The van der Waals surface area contributed by atoms with Crippen molar-refractivity contribution in [2.45, 2.75) is 31.7 Å². The van der Waals surface area contributed by atoms with Crippen LogP contribution in [-0.2, 0) is 0 Å². The molecule has 5 nitrogen and oxygen atoms in total. The molecule has 0 bridgehead atoms. The van der Waals surface area contributed by atoms with Crippen LogP contribution in [0.5, 0.6) is 5.75 Å². The Morgan fingerprint density at radius 2 is 1.90 bits per heavy atom. The maximum atomic E-state index is 10.4. The summed E-state index contributed by atoms with van der Waals surface area (Å²) in [5, 5.41) is 18.7. The summed E-state index contributed by atoms with van der Waals surface area (Å²) in [4.78, 5) is 1.83. The van der Waals surface area contributed by atoms with Crippen LogP contribution in [0.15, 0.2) is 88.6 Å². The Kier molecular flexibility index (Phi) is 14.7. The van der Waals surface area contributed by atoms with Gasteiger partial charge in [-0.15, -0.1) is 12.8 Å². The molecule has 0 saturated heterocycles.